The maximum Gasteiger partial charge on any atom is 0.339 e. The largest absolute Gasteiger partial charge is 0.456 e. The fourth-order valence-corrected chi connectivity index (χ4v) is 14.1. The third-order valence-corrected chi connectivity index (χ3v) is 16.9. The molecule has 9 nitrogen and oxygen atoms in total. The van der Waals surface area contributed by atoms with Crippen LogP contribution in [0.5, 0.6) is 5.75 Å². The number of hydrogen-bond acceptors (Lipinski definition) is 7. The van der Waals surface area contributed by atoms with Crippen molar-refractivity contribution in [3.63, 3.8) is 0 Å². The highest BCUT2D eigenvalue weighted by atomic mass is 127. The molecule has 7 fully saturated rings. The van der Waals surface area contributed by atoms with Crippen molar-refractivity contribution in [2.24, 2.45) is 47.3 Å². The maximum absolute atomic E-state index is 14.2. The van der Waals surface area contributed by atoms with E-state index in [1.165, 1.54) is 18.6 Å². The lowest BCUT2D eigenvalue weighted by Gasteiger charge is -2.54. The summed E-state index contributed by atoms with van der Waals surface area (Å²) in [5, 5.41) is 0. The molecule has 1 saturated heterocycles. The fourth-order valence-electron chi connectivity index (χ4n) is 11.0. The molecule has 6 atom stereocenters. The van der Waals surface area contributed by atoms with Gasteiger partial charge in [-0.1, -0.05) is 0 Å². The molecule has 1 N–H and O–H groups in total. The molecule has 6 bridgehead atoms. The average molecular weight is 1010 g/mol. The van der Waals surface area contributed by atoms with Gasteiger partial charge < -0.3 is 14.4 Å². The first-order chi connectivity index (χ1) is 22.7. The number of likely N-dealkylation sites (tertiary alicyclic amines) is 1. The molecule has 2 aromatic rings. The molecule has 2 aromatic carbocycles. The van der Waals surface area contributed by atoms with E-state index >= 15 is 0 Å². The summed E-state index contributed by atoms with van der Waals surface area (Å²) in [6.45, 7) is 3.88. The second kappa shape index (κ2) is 12.3. The molecule has 0 radical (unpaired) electrons. The first-order valence-electron chi connectivity index (χ1n) is 16.7. The van der Waals surface area contributed by atoms with Crippen LogP contribution in [0.1, 0.15) is 74.2 Å². The Bertz CT molecular complexity index is 1820. The summed E-state index contributed by atoms with van der Waals surface area (Å²) in [7, 11) is -4.50. The van der Waals surface area contributed by atoms with Crippen LogP contribution in [0.2, 0.25) is 0 Å². The predicted molar refractivity (Wildman–Crippen MR) is 200 cm³/mol. The van der Waals surface area contributed by atoms with Crippen molar-refractivity contribution < 1.29 is 36.8 Å². The van der Waals surface area contributed by atoms with Gasteiger partial charge in [-0.15, -0.1) is 0 Å². The van der Waals surface area contributed by atoms with Crippen LogP contribution in [0.4, 0.5) is 0 Å². The lowest BCUT2D eigenvalue weighted by molar-refractivity contribution is -0.147. The van der Waals surface area contributed by atoms with Gasteiger partial charge in [0.05, 0.1) is 28.3 Å². The molecule has 6 saturated carbocycles. The number of carbonyl (C=O) groups excluding carboxylic acids is 3. The van der Waals surface area contributed by atoms with E-state index in [2.05, 4.69) is 67.8 Å². The van der Waals surface area contributed by atoms with Crippen LogP contribution in [0, 0.1) is 58.1 Å². The summed E-state index contributed by atoms with van der Waals surface area (Å²) in [5.41, 5.74) is 0.989. The quantitative estimate of drug-likeness (QED) is 0.104. The summed E-state index contributed by atoms with van der Waals surface area (Å²) in [5.74, 6) is -0.850. The Hall–Kier alpha value is -1.05. The molecule has 48 heavy (non-hydrogen) atoms. The molecule has 256 valence electrons. The van der Waals surface area contributed by atoms with Crippen LogP contribution >= 0.6 is 67.8 Å². The van der Waals surface area contributed by atoms with Gasteiger partial charge in [0.25, 0.3) is 10.1 Å². The summed E-state index contributed by atoms with van der Waals surface area (Å²) >= 11 is 6.52. The zero-order valence-electron chi connectivity index (χ0n) is 26.4. The number of benzene rings is 2. The van der Waals surface area contributed by atoms with Crippen molar-refractivity contribution in [1.29, 1.82) is 0 Å². The van der Waals surface area contributed by atoms with Gasteiger partial charge in [0, 0.05) is 22.7 Å². The Morgan fingerprint density at radius 1 is 0.917 bits per heavy atom. The standard InChI is InChI=1S/C35H36I3NO8S/c1-14(2)39-31-22-13-23(32(31)47-34(41)24-10-19(36)11-25(37)30(24)38)29(28(22)33(39)40)35(42)46-20-3-4-26(48(43,44)45)21(12-20)27-17-6-15-5-16(8-17)9-18(27)7-15/h3-4,10-12,14-18,22-23,27-29,31-32H,5-9,13H2,1-2H3,(H,43,44,45). The van der Waals surface area contributed by atoms with Gasteiger partial charge in [0.2, 0.25) is 5.91 Å². The van der Waals surface area contributed by atoms with Crippen LogP contribution in [-0.2, 0) is 24.4 Å². The minimum absolute atomic E-state index is 0.0247. The molecule has 9 rings (SSSR count). The van der Waals surface area contributed by atoms with Crippen LogP contribution < -0.4 is 4.74 Å². The lowest BCUT2D eigenvalue weighted by Crippen LogP contribution is -2.48. The third kappa shape index (κ3) is 5.47. The number of rotatable bonds is 7. The van der Waals surface area contributed by atoms with E-state index in [4.69, 9.17) is 9.47 Å². The molecule has 7 aliphatic rings. The number of amides is 1. The monoisotopic (exact) mass is 1010 g/mol. The Kier molecular flexibility index (Phi) is 8.71. The van der Waals surface area contributed by atoms with Gasteiger partial charge in [0.1, 0.15) is 11.9 Å². The Morgan fingerprint density at radius 2 is 1.58 bits per heavy atom. The molecule has 6 aliphatic carbocycles. The number of fused-ring (bicyclic) bond motifs is 1. The topological polar surface area (TPSA) is 127 Å². The molecule has 0 aromatic heterocycles. The number of carbonyl (C=O) groups is 3. The zero-order chi connectivity index (χ0) is 34.0. The minimum Gasteiger partial charge on any atom is -0.456 e. The van der Waals surface area contributed by atoms with Crippen molar-refractivity contribution in [2.75, 3.05) is 0 Å². The molecular formula is C35H36I3NO8S. The number of hydrogen-bond donors (Lipinski definition) is 1. The SMILES string of the molecule is CC(C)N1C(=O)C2C3CC(C(OC(=O)c4cc(I)cc(I)c4I)C31)C2C(=O)Oc1ccc(S(=O)(=O)O)c(C2C3CC4CC(C3)CC2C4)c1. The number of esters is 2. The highest BCUT2D eigenvalue weighted by Gasteiger charge is 2.71. The predicted octanol–water partition coefficient (Wildman–Crippen LogP) is 6.92. The molecule has 1 heterocycles. The normalized spacial score (nSPS) is 35.9. The first-order valence-corrected chi connectivity index (χ1v) is 21.4. The van der Waals surface area contributed by atoms with Crippen molar-refractivity contribution in [3.8, 4) is 5.75 Å². The molecule has 13 heteroatoms. The second-order valence-electron chi connectivity index (χ2n) is 15.1. The average Bonchev–Trinajstić information content (AvgIpc) is 3.61. The Labute approximate surface area is 321 Å². The van der Waals surface area contributed by atoms with Crippen molar-refractivity contribution >= 4 is 95.7 Å². The van der Waals surface area contributed by atoms with E-state index in [0.29, 0.717) is 41.2 Å². The van der Waals surface area contributed by atoms with Gasteiger partial charge >= 0.3 is 11.9 Å². The van der Waals surface area contributed by atoms with Crippen LogP contribution in [0.15, 0.2) is 35.2 Å². The fraction of sp³-hybridized carbons (Fsp3) is 0.571. The highest BCUT2D eigenvalue weighted by Crippen LogP contribution is 2.62. The van der Waals surface area contributed by atoms with Gasteiger partial charge in [0.15, 0.2) is 0 Å². The van der Waals surface area contributed by atoms with E-state index < -0.39 is 45.9 Å². The zero-order valence-corrected chi connectivity index (χ0v) is 33.6. The van der Waals surface area contributed by atoms with Crippen LogP contribution in [-0.4, -0.2) is 53.9 Å². The summed E-state index contributed by atoms with van der Waals surface area (Å²) < 4.78 is 50.3. The molecule has 0 spiro atoms. The molecule has 1 aliphatic heterocycles. The Morgan fingerprint density at radius 3 is 2.21 bits per heavy atom. The lowest BCUT2D eigenvalue weighted by atomic mass is 9.51. The van der Waals surface area contributed by atoms with Crippen LogP contribution in [0.25, 0.3) is 0 Å². The van der Waals surface area contributed by atoms with E-state index in [-0.39, 0.29) is 40.5 Å². The number of ether oxygens (including phenoxy) is 2. The van der Waals surface area contributed by atoms with E-state index in [1.807, 2.05) is 19.9 Å². The molecular weight excluding hydrogens is 975 g/mol. The van der Waals surface area contributed by atoms with Gasteiger partial charge in [-0.25, -0.2) is 4.79 Å². The molecule has 1 amide bonds. The van der Waals surface area contributed by atoms with Crippen LogP contribution in [0.3, 0.4) is 0 Å². The Balaban J connectivity index is 1.10. The summed E-state index contributed by atoms with van der Waals surface area (Å²) in [6.07, 6.45) is 5.36. The molecule has 6 unspecified atom stereocenters. The second-order valence-corrected chi connectivity index (χ2v) is 20.0. The summed E-state index contributed by atoms with van der Waals surface area (Å²) in [6, 6.07) is 7.75. The number of halogens is 3. The highest BCUT2D eigenvalue weighted by molar-refractivity contribution is 14.1. The smallest absolute Gasteiger partial charge is 0.339 e. The summed E-state index contributed by atoms with van der Waals surface area (Å²) in [4.78, 5) is 43.5. The van der Waals surface area contributed by atoms with E-state index in [1.54, 1.807) is 17.0 Å². The maximum atomic E-state index is 14.2. The van der Waals surface area contributed by atoms with Crippen molar-refractivity contribution in [1.82, 2.24) is 4.90 Å². The van der Waals surface area contributed by atoms with Gasteiger partial charge in [-0.05, 0) is 192 Å². The van der Waals surface area contributed by atoms with Crippen molar-refractivity contribution in [3.05, 3.63) is 52.2 Å². The van der Waals surface area contributed by atoms with Gasteiger partial charge in [-0.3, -0.25) is 14.1 Å². The first kappa shape index (κ1) is 34.1. The van der Waals surface area contributed by atoms with Crippen molar-refractivity contribution in [2.45, 2.75) is 81.4 Å². The number of nitrogens with zero attached hydrogens (tertiary/aromatic N) is 1. The van der Waals surface area contributed by atoms with E-state index in [9.17, 15) is 27.4 Å². The third-order valence-electron chi connectivity index (χ3n) is 12.3. The van der Waals surface area contributed by atoms with Gasteiger partial charge in [-0.2, -0.15) is 8.42 Å². The van der Waals surface area contributed by atoms with E-state index in [0.717, 1.165) is 36.4 Å². The minimum atomic E-state index is -4.50.